The molecule has 230 valence electrons. The number of carboxylic acid groups (broad SMARTS) is 2. The largest absolute Gasteiger partial charge is 0.490 e. The first kappa shape index (κ1) is 34.1. The van der Waals surface area contributed by atoms with Crippen LogP contribution in [0.15, 0.2) is 35.9 Å². The fraction of sp³-hybridized carbons (Fsp3) is 0.593. The SMILES string of the molecule is CC/C(=C\c1ccccc1)[C@H]1C[C@@H]1NC1CC2(C1)CN(CCNC(C)=O)C2.O=C(O)C(F)(F)F.O=C(O)C(F)(F)F. The molecule has 1 aromatic carbocycles. The minimum Gasteiger partial charge on any atom is -0.475 e. The minimum absolute atomic E-state index is 0.0740. The van der Waals surface area contributed by atoms with E-state index in [2.05, 4.69) is 58.9 Å². The molecule has 0 unspecified atom stereocenters. The molecule has 1 aromatic rings. The number of amides is 1. The van der Waals surface area contributed by atoms with Gasteiger partial charge in [-0.05, 0) is 42.6 Å². The lowest BCUT2D eigenvalue weighted by Gasteiger charge is -2.59. The van der Waals surface area contributed by atoms with Gasteiger partial charge in [0, 0.05) is 45.2 Å². The molecular formula is C27H35F6N3O5. The van der Waals surface area contributed by atoms with Crippen LogP contribution in [0.5, 0.6) is 0 Å². The van der Waals surface area contributed by atoms with Crippen LogP contribution in [0.3, 0.4) is 0 Å². The van der Waals surface area contributed by atoms with E-state index in [9.17, 15) is 31.1 Å². The predicted molar refractivity (Wildman–Crippen MR) is 138 cm³/mol. The molecule has 3 aliphatic rings. The third-order valence-corrected chi connectivity index (χ3v) is 7.04. The lowest BCUT2D eigenvalue weighted by atomic mass is 9.60. The summed E-state index contributed by atoms with van der Waals surface area (Å²) in [6.07, 6.45) is -2.66. The number of aliphatic carboxylic acids is 2. The predicted octanol–water partition coefficient (Wildman–Crippen LogP) is 4.33. The fourth-order valence-corrected chi connectivity index (χ4v) is 5.14. The van der Waals surface area contributed by atoms with Gasteiger partial charge in [-0.25, -0.2) is 9.59 Å². The molecule has 2 aliphatic carbocycles. The molecule has 14 heteroatoms. The Bertz CT molecular complexity index is 1040. The van der Waals surface area contributed by atoms with Gasteiger partial charge < -0.3 is 25.7 Å². The monoisotopic (exact) mass is 595 g/mol. The highest BCUT2D eigenvalue weighted by molar-refractivity contribution is 5.73. The summed E-state index contributed by atoms with van der Waals surface area (Å²) < 4.78 is 63.5. The molecule has 1 amide bonds. The van der Waals surface area contributed by atoms with E-state index in [-0.39, 0.29) is 5.91 Å². The zero-order valence-corrected chi connectivity index (χ0v) is 22.7. The van der Waals surface area contributed by atoms with E-state index in [1.165, 1.54) is 37.9 Å². The van der Waals surface area contributed by atoms with Gasteiger partial charge in [-0.1, -0.05) is 48.9 Å². The summed E-state index contributed by atoms with van der Waals surface area (Å²) in [5, 5.41) is 21.1. The van der Waals surface area contributed by atoms with Crippen molar-refractivity contribution in [2.75, 3.05) is 26.2 Å². The quantitative estimate of drug-likeness (QED) is 0.331. The molecule has 1 heterocycles. The van der Waals surface area contributed by atoms with Crippen LogP contribution >= 0.6 is 0 Å². The van der Waals surface area contributed by atoms with Crippen molar-refractivity contribution in [3.05, 3.63) is 41.5 Å². The molecule has 1 spiro atoms. The first-order valence-corrected chi connectivity index (χ1v) is 13.0. The molecule has 2 saturated carbocycles. The van der Waals surface area contributed by atoms with Crippen LogP contribution in [-0.2, 0) is 14.4 Å². The van der Waals surface area contributed by atoms with Gasteiger partial charge in [0.05, 0.1) is 0 Å². The van der Waals surface area contributed by atoms with Crippen molar-refractivity contribution in [1.29, 1.82) is 0 Å². The summed E-state index contributed by atoms with van der Waals surface area (Å²) in [7, 11) is 0. The van der Waals surface area contributed by atoms with E-state index in [1.807, 2.05) is 0 Å². The first-order valence-electron chi connectivity index (χ1n) is 13.0. The van der Waals surface area contributed by atoms with Crippen LogP contribution in [-0.4, -0.2) is 83.6 Å². The summed E-state index contributed by atoms with van der Waals surface area (Å²) >= 11 is 0. The van der Waals surface area contributed by atoms with Crippen LogP contribution < -0.4 is 10.6 Å². The van der Waals surface area contributed by atoms with Gasteiger partial charge >= 0.3 is 24.3 Å². The van der Waals surface area contributed by atoms with Crippen molar-refractivity contribution in [3.63, 3.8) is 0 Å². The summed E-state index contributed by atoms with van der Waals surface area (Å²) in [5.41, 5.74) is 3.50. The second-order valence-corrected chi connectivity index (χ2v) is 10.5. The molecule has 4 N–H and O–H groups in total. The van der Waals surface area contributed by atoms with E-state index in [0.29, 0.717) is 17.5 Å². The molecule has 0 bridgehead atoms. The van der Waals surface area contributed by atoms with E-state index in [4.69, 9.17) is 19.8 Å². The Kier molecular flexibility index (Phi) is 11.8. The number of halogens is 6. The normalized spacial score (nSPS) is 21.7. The Morgan fingerprint density at radius 1 is 1.00 bits per heavy atom. The van der Waals surface area contributed by atoms with Crippen molar-refractivity contribution < 1.29 is 50.9 Å². The molecule has 2 atom stereocenters. The number of hydrogen-bond acceptors (Lipinski definition) is 5. The number of likely N-dealkylation sites (tertiary alicyclic amines) is 1. The maximum absolute atomic E-state index is 10.9. The Morgan fingerprint density at radius 3 is 1.95 bits per heavy atom. The average molecular weight is 596 g/mol. The topological polar surface area (TPSA) is 119 Å². The average Bonchev–Trinajstić information content (AvgIpc) is 3.58. The second kappa shape index (κ2) is 14.2. The standard InChI is InChI=1S/C23H33N3O.2C2HF3O2/c1-3-19(11-18-7-5-4-6-8-18)21-12-22(21)25-20-13-23(14-20)15-26(16-23)10-9-24-17(2)27;2*3-2(4,5)1(6)7/h4-8,11,20-22,25H,3,9-10,12-16H2,1-2H3,(H,24,27);2*(H,6,7)/b19-11+;;/t21-,22+;;/m1../s1. The third kappa shape index (κ3) is 11.3. The molecular weight excluding hydrogens is 560 g/mol. The highest BCUT2D eigenvalue weighted by Gasteiger charge is 2.53. The first-order chi connectivity index (χ1) is 19.0. The van der Waals surface area contributed by atoms with Gasteiger partial charge in [0.25, 0.3) is 0 Å². The Morgan fingerprint density at radius 2 is 1.51 bits per heavy atom. The highest BCUT2D eigenvalue weighted by atomic mass is 19.4. The Balaban J connectivity index is 0.000000349. The lowest BCUT2D eigenvalue weighted by molar-refractivity contribution is -0.193. The van der Waals surface area contributed by atoms with Crippen molar-refractivity contribution in [2.45, 2.75) is 64.0 Å². The number of carboxylic acids is 2. The number of hydrogen-bond donors (Lipinski definition) is 4. The number of carbonyl (C=O) groups excluding carboxylic acids is 1. The number of carbonyl (C=O) groups is 3. The molecule has 0 radical (unpaired) electrons. The zero-order valence-electron chi connectivity index (χ0n) is 22.7. The van der Waals surface area contributed by atoms with Gasteiger partial charge in [-0.15, -0.1) is 0 Å². The maximum atomic E-state index is 10.9. The summed E-state index contributed by atoms with van der Waals surface area (Å²) in [4.78, 5) is 31.2. The fourth-order valence-electron chi connectivity index (χ4n) is 5.14. The van der Waals surface area contributed by atoms with E-state index in [0.717, 1.165) is 25.4 Å². The van der Waals surface area contributed by atoms with Crippen molar-refractivity contribution in [1.82, 2.24) is 15.5 Å². The highest BCUT2D eigenvalue weighted by Crippen LogP contribution is 2.50. The van der Waals surface area contributed by atoms with Crippen molar-refractivity contribution >= 4 is 23.9 Å². The second-order valence-electron chi connectivity index (χ2n) is 10.5. The van der Waals surface area contributed by atoms with Crippen molar-refractivity contribution in [2.24, 2.45) is 11.3 Å². The van der Waals surface area contributed by atoms with Gasteiger partial charge in [-0.3, -0.25) is 4.79 Å². The van der Waals surface area contributed by atoms with Crippen LogP contribution in [0.2, 0.25) is 0 Å². The van der Waals surface area contributed by atoms with Gasteiger partial charge in [-0.2, -0.15) is 26.3 Å². The van der Waals surface area contributed by atoms with Gasteiger partial charge in [0.15, 0.2) is 0 Å². The van der Waals surface area contributed by atoms with Gasteiger partial charge in [0.2, 0.25) is 5.91 Å². The Labute approximate surface area is 233 Å². The molecule has 8 nitrogen and oxygen atoms in total. The number of benzene rings is 1. The summed E-state index contributed by atoms with van der Waals surface area (Å²) in [6.45, 7) is 8.08. The van der Waals surface area contributed by atoms with E-state index in [1.54, 1.807) is 12.5 Å². The lowest BCUT2D eigenvalue weighted by Crippen LogP contribution is -2.66. The number of nitrogens with one attached hydrogen (secondary N) is 2. The smallest absolute Gasteiger partial charge is 0.475 e. The van der Waals surface area contributed by atoms with Crippen LogP contribution in [0.4, 0.5) is 26.3 Å². The molecule has 41 heavy (non-hydrogen) atoms. The number of alkyl halides is 6. The number of rotatable bonds is 8. The van der Waals surface area contributed by atoms with Crippen LogP contribution in [0.25, 0.3) is 6.08 Å². The molecule has 4 rings (SSSR count). The van der Waals surface area contributed by atoms with E-state index >= 15 is 0 Å². The third-order valence-electron chi connectivity index (χ3n) is 7.04. The number of nitrogens with zero attached hydrogens (tertiary/aromatic N) is 1. The summed E-state index contributed by atoms with van der Waals surface area (Å²) in [6, 6.07) is 12.1. The zero-order chi connectivity index (χ0) is 31.0. The van der Waals surface area contributed by atoms with E-state index < -0.39 is 24.3 Å². The van der Waals surface area contributed by atoms with Crippen LogP contribution in [0.1, 0.15) is 45.1 Å². The molecule has 3 fully saturated rings. The molecule has 1 aliphatic heterocycles. The molecule has 0 aromatic heterocycles. The molecule has 1 saturated heterocycles. The minimum atomic E-state index is -5.08. The van der Waals surface area contributed by atoms with Gasteiger partial charge in [0.1, 0.15) is 0 Å². The maximum Gasteiger partial charge on any atom is 0.490 e. The van der Waals surface area contributed by atoms with Crippen LogP contribution in [0, 0.1) is 11.3 Å². The van der Waals surface area contributed by atoms with Crippen molar-refractivity contribution in [3.8, 4) is 0 Å². The Hall–Kier alpha value is -3.13. The summed E-state index contributed by atoms with van der Waals surface area (Å²) in [5.74, 6) is -4.70.